The fourth-order valence-corrected chi connectivity index (χ4v) is 2.83. The number of imidazole rings is 1. The molecule has 1 heterocycles. The van der Waals surface area contributed by atoms with Crippen molar-refractivity contribution in [2.45, 2.75) is 0 Å². The van der Waals surface area contributed by atoms with Gasteiger partial charge in [0.15, 0.2) is 5.82 Å². The molecule has 0 amide bonds. The number of benzene rings is 3. The molecule has 0 fully saturated rings. The molecular weight excluding hydrogens is 315 g/mol. The van der Waals surface area contributed by atoms with Crippen LogP contribution in [0.4, 0.5) is 10.1 Å². The predicted octanol–water partition coefficient (Wildman–Crippen LogP) is 4.37. The average molecular weight is 330 g/mol. The van der Waals surface area contributed by atoms with E-state index in [0.717, 1.165) is 11.0 Å². The summed E-state index contributed by atoms with van der Waals surface area (Å²) in [6.45, 7) is 0. The molecule has 5 heteroatoms. The van der Waals surface area contributed by atoms with E-state index in [0.29, 0.717) is 28.2 Å². The third kappa shape index (κ3) is 2.65. The Balaban J connectivity index is 1.80. The lowest BCUT2D eigenvalue weighted by atomic mass is 9.99. The summed E-state index contributed by atoms with van der Waals surface area (Å²) in [5.41, 5.74) is 9.98. The van der Waals surface area contributed by atoms with Gasteiger partial charge in [0.05, 0.1) is 11.0 Å². The summed E-state index contributed by atoms with van der Waals surface area (Å²) >= 11 is 0. The number of nitrogen functional groups attached to an aromatic ring is 1. The number of H-pyrrole nitrogens is 1. The number of para-hydroxylation sites is 2. The molecule has 0 saturated carbocycles. The van der Waals surface area contributed by atoms with Crippen molar-refractivity contribution < 1.29 is 4.39 Å². The van der Waals surface area contributed by atoms with E-state index in [-0.39, 0.29) is 11.5 Å². The van der Waals surface area contributed by atoms with Crippen molar-refractivity contribution in [1.29, 1.82) is 5.41 Å². The van der Waals surface area contributed by atoms with Gasteiger partial charge in [0.1, 0.15) is 11.5 Å². The number of halogens is 1. The first kappa shape index (κ1) is 15.1. The molecule has 0 aliphatic heterocycles. The van der Waals surface area contributed by atoms with Gasteiger partial charge in [-0.2, -0.15) is 0 Å². The lowest BCUT2D eigenvalue weighted by Gasteiger charge is -2.09. The van der Waals surface area contributed by atoms with Crippen molar-refractivity contribution in [2.75, 3.05) is 5.73 Å². The molecule has 0 aliphatic carbocycles. The van der Waals surface area contributed by atoms with Gasteiger partial charge in [-0.3, -0.25) is 5.41 Å². The smallest absolute Gasteiger partial charge is 0.157 e. The van der Waals surface area contributed by atoms with Crippen LogP contribution in [0.15, 0.2) is 66.7 Å². The summed E-state index contributed by atoms with van der Waals surface area (Å²) < 4.78 is 14.1. The van der Waals surface area contributed by atoms with Crippen LogP contribution < -0.4 is 5.73 Å². The quantitative estimate of drug-likeness (QED) is 0.385. The van der Waals surface area contributed by atoms with Crippen LogP contribution in [0, 0.1) is 11.2 Å². The number of aromatic nitrogens is 2. The zero-order valence-corrected chi connectivity index (χ0v) is 13.3. The van der Waals surface area contributed by atoms with E-state index < -0.39 is 0 Å². The fourth-order valence-electron chi connectivity index (χ4n) is 2.83. The van der Waals surface area contributed by atoms with E-state index >= 15 is 0 Å². The van der Waals surface area contributed by atoms with Gasteiger partial charge in [-0.1, -0.05) is 36.4 Å². The first-order valence-electron chi connectivity index (χ1n) is 7.82. The van der Waals surface area contributed by atoms with Crippen LogP contribution in [-0.4, -0.2) is 15.7 Å². The van der Waals surface area contributed by atoms with Crippen LogP contribution in [-0.2, 0) is 0 Å². The van der Waals surface area contributed by atoms with Crippen molar-refractivity contribution in [3.05, 3.63) is 83.9 Å². The number of hydrogen-bond donors (Lipinski definition) is 3. The molecule has 0 atom stereocenters. The number of hydrogen-bond acceptors (Lipinski definition) is 3. The molecule has 0 spiro atoms. The van der Waals surface area contributed by atoms with Crippen LogP contribution in [0.3, 0.4) is 0 Å². The monoisotopic (exact) mass is 330 g/mol. The highest BCUT2D eigenvalue weighted by Gasteiger charge is 2.15. The molecular formula is C20H15FN4. The van der Waals surface area contributed by atoms with E-state index in [2.05, 4.69) is 9.97 Å². The molecule has 4 nitrogen and oxygen atoms in total. The third-order valence-electron chi connectivity index (χ3n) is 4.13. The van der Waals surface area contributed by atoms with E-state index in [1.165, 1.54) is 6.07 Å². The molecule has 3 aromatic carbocycles. The van der Waals surface area contributed by atoms with Gasteiger partial charge in [0.2, 0.25) is 0 Å². The average Bonchev–Trinajstić information content (AvgIpc) is 3.06. The zero-order valence-electron chi connectivity index (χ0n) is 13.3. The minimum atomic E-state index is -0.312. The van der Waals surface area contributed by atoms with Crippen LogP contribution >= 0.6 is 0 Å². The Morgan fingerprint density at radius 2 is 1.76 bits per heavy atom. The number of rotatable bonds is 3. The van der Waals surface area contributed by atoms with Crippen LogP contribution in [0.25, 0.3) is 22.2 Å². The van der Waals surface area contributed by atoms with Crippen LogP contribution in [0.2, 0.25) is 0 Å². The predicted molar refractivity (Wildman–Crippen MR) is 98.3 cm³/mol. The highest BCUT2D eigenvalue weighted by molar-refractivity contribution is 6.13. The number of nitrogens with zero attached hydrogens (tertiary/aromatic N) is 1. The van der Waals surface area contributed by atoms with Gasteiger partial charge in [0, 0.05) is 16.8 Å². The largest absolute Gasteiger partial charge is 0.398 e. The molecule has 4 rings (SSSR count). The minimum Gasteiger partial charge on any atom is -0.398 e. The molecule has 4 N–H and O–H groups in total. The Bertz CT molecular complexity index is 1060. The number of aromatic amines is 1. The lowest BCUT2D eigenvalue weighted by molar-refractivity contribution is 0.631. The van der Waals surface area contributed by atoms with E-state index in [4.69, 9.17) is 11.1 Å². The zero-order chi connectivity index (χ0) is 17.4. The van der Waals surface area contributed by atoms with Gasteiger partial charge >= 0.3 is 0 Å². The first-order valence-corrected chi connectivity index (χ1v) is 7.82. The van der Waals surface area contributed by atoms with Crippen LogP contribution in [0.5, 0.6) is 0 Å². The lowest BCUT2D eigenvalue weighted by Crippen LogP contribution is -2.07. The Morgan fingerprint density at radius 1 is 1.00 bits per heavy atom. The van der Waals surface area contributed by atoms with Crippen molar-refractivity contribution >= 4 is 22.4 Å². The molecule has 122 valence electrons. The number of anilines is 1. The highest BCUT2D eigenvalue weighted by atomic mass is 19.1. The summed E-state index contributed by atoms with van der Waals surface area (Å²) in [5, 5.41) is 8.49. The molecule has 0 bridgehead atoms. The first-order chi connectivity index (χ1) is 12.1. The topological polar surface area (TPSA) is 78.5 Å². The summed E-state index contributed by atoms with van der Waals surface area (Å²) in [7, 11) is 0. The summed E-state index contributed by atoms with van der Waals surface area (Å²) in [6, 6.07) is 19.3. The van der Waals surface area contributed by atoms with Crippen LogP contribution in [0.1, 0.15) is 11.4 Å². The Morgan fingerprint density at radius 3 is 2.56 bits per heavy atom. The van der Waals surface area contributed by atoms with Gasteiger partial charge in [-0.15, -0.1) is 0 Å². The minimum absolute atomic E-state index is 0.173. The Labute approximate surface area is 143 Å². The maximum absolute atomic E-state index is 14.1. The molecule has 0 unspecified atom stereocenters. The SMILES string of the molecule is N=C(c1nc2ccccc2[nH]1)c1cc(-c2ccccc2F)ccc1N. The number of nitrogens with one attached hydrogen (secondary N) is 2. The molecule has 0 radical (unpaired) electrons. The fraction of sp³-hybridized carbons (Fsp3) is 0. The molecule has 25 heavy (non-hydrogen) atoms. The van der Waals surface area contributed by atoms with Gasteiger partial charge < -0.3 is 10.7 Å². The van der Waals surface area contributed by atoms with Crippen molar-refractivity contribution in [3.8, 4) is 11.1 Å². The molecule has 0 saturated heterocycles. The van der Waals surface area contributed by atoms with Gasteiger partial charge in [-0.25, -0.2) is 9.37 Å². The second-order valence-corrected chi connectivity index (χ2v) is 5.76. The second kappa shape index (κ2) is 5.87. The van der Waals surface area contributed by atoms with E-state index in [1.54, 1.807) is 36.4 Å². The second-order valence-electron chi connectivity index (χ2n) is 5.76. The normalized spacial score (nSPS) is 10.9. The molecule has 0 aliphatic rings. The Hall–Kier alpha value is -3.47. The van der Waals surface area contributed by atoms with E-state index in [1.807, 2.05) is 24.3 Å². The third-order valence-corrected chi connectivity index (χ3v) is 4.13. The number of nitrogens with two attached hydrogens (primary N) is 1. The summed E-state index contributed by atoms with van der Waals surface area (Å²) in [6.07, 6.45) is 0. The summed E-state index contributed by atoms with van der Waals surface area (Å²) in [4.78, 5) is 7.57. The standard InChI is InChI=1S/C20H15FN4/c21-15-6-2-1-5-13(15)12-9-10-16(22)14(11-12)19(23)20-24-17-7-3-4-8-18(17)25-20/h1-11,23H,22H2,(H,24,25). The van der Waals surface area contributed by atoms with Gasteiger partial charge in [-0.05, 0) is 35.9 Å². The molecule has 1 aromatic heterocycles. The highest BCUT2D eigenvalue weighted by Crippen LogP contribution is 2.27. The Kier molecular flexibility index (Phi) is 3.54. The maximum atomic E-state index is 14.1. The molecule has 4 aromatic rings. The maximum Gasteiger partial charge on any atom is 0.157 e. The van der Waals surface area contributed by atoms with Crippen molar-refractivity contribution in [2.24, 2.45) is 0 Å². The summed E-state index contributed by atoms with van der Waals surface area (Å²) in [5.74, 6) is 0.118. The number of fused-ring (bicyclic) bond motifs is 1. The van der Waals surface area contributed by atoms with Crippen molar-refractivity contribution in [1.82, 2.24) is 9.97 Å². The van der Waals surface area contributed by atoms with Gasteiger partial charge in [0.25, 0.3) is 0 Å². The van der Waals surface area contributed by atoms with Crippen molar-refractivity contribution in [3.63, 3.8) is 0 Å². The van der Waals surface area contributed by atoms with E-state index in [9.17, 15) is 4.39 Å².